The van der Waals surface area contributed by atoms with Crippen LogP contribution >= 0.6 is 0 Å². The summed E-state index contributed by atoms with van der Waals surface area (Å²) >= 11 is 0. The number of pyridine rings is 2. The van der Waals surface area contributed by atoms with Gasteiger partial charge in [-0.2, -0.15) is 0 Å². The lowest BCUT2D eigenvalue weighted by Crippen LogP contribution is -2.31. The van der Waals surface area contributed by atoms with Crippen LogP contribution in [0.5, 0.6) is 0 Å². The molecule has 0 radical (unpaired) electrons. The van der Waals surface area contributed by atoms with Gasteiger partial charge in [-0.3, -0.25) is 10.3 Å². The van der Waals surface area contributed by atoms with Crippen molar-refractivity contribution in [1.82, 2.24) is 15.3 Å². The van der Waals surface area contributed by atoms with Gasteiger partial charge in [-0.1, -0.05) is 30.3 Å². The van der Waals surface area contributed by atoms with Gasteiger partial charge in [0.1, 0.15) is 5.82 Å². The van der Waals surface area contributed by atoms with Crippen molar-refractivity contribution >= 4 is 29.4 Å². The van der Waals surface area contributed by atoms with Crippen LogP contribution in [0.2, 0.25) is 0 Å². The first kappa shape index (κ1) is 20.0. The van der Waals surface area contributed by atoms with Crippen LogP contribution in [0.4, 0.5) is 22.0 Å². The van der Waals surface area contributed by atoms with E-state index in [4.69, 9.17) is 5.41 Å². The van der Waals surface area contributed by atoms with E-state index in [1.165, 1.54) is 6.21 Å². The lowest BCUT2D eigenvalue weighted by Gasteiger charge is -2.17. The minimum Gasteiger partial charge on any atom is -0.353 e. The maximum absolute atomic E-state index is 12.4. The monoisotopic (exact) mass is 388 g/mol. The molecule has 0 fully saturated rings. The van der Waals surface area contributed by atoms with Gasteiger partial charge in [0.15, 0.2) is 0 Å². The minimum atomic E-state index is -0.352. The second kappa shape index (κ2) is 8.97. The van der Waals surface area contributed by atoms with Gasteiger partial charge in [0, 0.05) is 29.4 Å². The Morgan fingerprint density at radius 3 is 2.59 bits per heavy atom. The molecule has 0 saturated heterocycles. The molecule has 7 nitrogen and oxygen atoms in total. The smallest absolute Gasteiger partial charge is 0.320 e. The van der Waals surface area contributed by atoms with Gasteiger partial charge in [0.05, 0.1) is 17.4 Å². The molecule has 3 aromatic rings. The van der Waals surface area contributed by atoms with Crippen molar-refractivity contribution in [2.24, 2.45) is 0 Å². The van der Waals surface area contributed by atoms with Gasteiger partial charge in [-0.25, -0.2) is 9.78 Å². The highest BCUT2D eigenvalue weighted by atomic mass is 16.2. The van der Waals surface area contributed by atoms with Crippen LogP contribution in [-0.2, 0) is 0 Å². The van der Waals surface area contributed by atoms with Crippen molar-refractivity contribution in [2.45, 2.75) is 26.8 Å². The summed E-state index contributed by atoms with van der Waals surface area (Å²) in [5.74, 6) is 0.384. The maximum atomic E-state index is 12.4. The standard InChI is InChI=1S/C22H24N6O/c1-14-11-19(9-10-24-14)27-21-16(3)25-20(12-18(21)13-23)28-22(29)26-15(2)17-7-5-4-6-8-17/h4-13,15,23H,1-3H3,(H,24,27)(H2,25,26,28,29). The number of rotatable bonds is 6. The van der Waals surface area contributed by atoms with E-state index in [0.29, 0.717) is 22.8 Å². The van der Waals surface area contributed by atoms with E-state index in [2.05, 4.69) is 25.9 Å². The quantitative estimate of drug-likeness (QED) is 0.459. The number of aromatic nitrogens is 2. The molecule has 0 bridgehead atoms. The number of hydrogen-bond donors (Lipinski definition) is 4. The second-order valence-electron chi connectivity index (χ2n) is 6.74. The zero-order valence-corrected chi connectivity index (χ0v) is 16.7. The lowest BCUT2D eigenvalue weighted by molar-refractivity contribution is 0.249. The van der Waals surface area contributed by atoms with Gasteiger partial charge in [-0.15, -0.1) is 0 Å². The zero-order chi connectivity index (χ0) is 20.8. The van der Waals surface area contributed by atoms with E-state index in [-0.39, 0.29) is 12.1 Å². The first-order valence-corrected chi connectivity index (χ1v) is 9.30. The van der Waals surface area contributed by atoms with Gasteiger partial charge < -0.3 is 16.0 Å². The fourth-order valence-corrected chi connectivity index (χ4v) is 2.98. The first-order chi connectivity index (χ1) is 14.0. The van der Waals surface area contributed by atoms with Gasteiger partial charge in [0.25, 0.3) is 0 Å². The number of carbonyl (C=O) groups is 1. The summed E-state index contributed by atoms with van der Waals surface area (Å²) in [6.07, 6.45) is 2.96. The predicted molar refractivity (Wildman–Crippen MR) is 116 cm³/mol. The number of urea groups is 1. The number of carbonyl (C=O) groups excluding carboxylic acids is 1. The zero-order valence-electron chi connectivity index (χ0n) is 16.7. The second-order valence-corrected chi connectivity index (χ2v) is 6.74. The third-order valence-electron chi connectivity index (χ3n) is 4.44. The largest absolute Gasteiger partial charge is 0.353 e. The van der Waals surface area contributed by atoms with Gasteiger partial charge in [-0.05, 0) is 44.5 Å². The Morgan fingerprint density at radius 1 is 1.14 bits per heavy atom. The Morgan fingerprint density at radius 2 is 1.90 bits per heavy atom. The van der Waals surface area contributed by atoms with Crippen molar-refractivity contribution in [2.75, 3.05) is 10.6 Å². The molecule has 0 saturated carbocycles. The molecule has 2 heterocycles. The normalized spacial score (nSPS) is 11.4. The highest BCUT2D eigenvalue weighted by molar-refractivity contribution is 5.93. The van der Waals surface area contributed by atoms with Crippen molar-refractivity contribution in [3.63, 3.8) is 0 Å². The van der Waals surface area contributed by atoms with Crippen molar-refractivity contribution in [1.29, 1.82) is 5.41 Å². The van der Waals surface area contributed by atoms with E-state index < -0.39 is 0 Å². The molecule has 7 heteroatoms. The topological polar surface area (TPSA) is 103 Å². The summed E-state index contributed by atoms with van der Waals surface area (Å²) in [4.78, 5) is 21.0. The van der Waals surface area contributed by atoms with Crippen LogP contribution in [0, 0.1) is 19.3 Å². The molecule has 0 aliphatic rings. The van der Waals surface area contributed by atoms with E-state index in [9.17, 15) is 4.79 Å². The van der Waals surface area contributed by atoms with E-state index in [1.54, 1.807) is 12.3 Å². The van der Waals surface area contributed by atoms with Gasteiger partial charge in [0.2, 0.25) is 0 Å². The fraction of sp³-hybridized carbons (Fsp3) is 0.182. The minimum absolute atomic E-state index is 0.143. The number of nitrogens with one attached hydrogen (secondary N) is 4. The summed E-state index contributed by atoms with van der Waals surface area (Å²) in [5.41, 5.74) is 4.78. The van der Waals surface area contributed by atoms with Gasteiger partial charge >= 0.3 is 6.03 Å². The SMILES string of the molecule is Cc1cc(Nc2c(C=N)cc(NC(=O)NC(C)c3ccccc3)nc2C)ccn1. The van der Waals surface area contributed by atoms with Crippen LogP contribution < -0.4 is 16.0 Å². The van der Waals surface area contributed by atoms with E-state index in [1.807, 2.05) is 63.2 Å². The molecule has 0 aliphatic heterocycles. The van der Waals surface area contributed by atoms with Crippen LogP contribution in [-0.4, -0.2) is 22.2 Å². The molecule has 1 atom stereocenters. The average molecular weight is 388 g/mol. The number of amides is 2. The highest BCUT2D eigenvalue weighted by Crippen LogP contribution is 2.25. The summed E-state index contributed by atoms with van der Waals surface area (Å²) in [6.45, 7) is 5.66. The first-order valence-electron chi connectivity index (χ1n) is 9.30. The summed E-state index contributed by atoms with van der Waals surface area (Å²) in [6, 6.07) is 14.7. The Balaban J connectivity index is 1.74. The van der Waals surface area contributed by atoms with E-state index in [0.717, 1.165) is 16.9 Å². The maximum Gasteiger partial charge on any atom is 0.320 e. The number of nitrogens with zero attached hydrogens (tertiary/aromatic N) is 2. The highest BCUT2D eigenvalue weighted by Gasteiger charge is 2.13. The predicted octanol–water partition coefficient (Wildman–Crippen LogP) is 4.72. The Kier molecular flexibility index (Phi) is 6.19. The Hall–Kier alpha value is -3.74. The molecule has 29 heavy (non-hydrogen) atoms. The van der Waals surface area contributed by atoms with Crippen LogP contribution in [0.1, 0.15) is 35.5 Å². The number of benzene rings is 1. The van der Waals surface area contributed by atoms with Crippen molar-refractivity contribution < 1.29 is 4.79 Å². The van der Waals surface area contributed by atoms with Crippen LogP contribution in [0.25, 0.3) is 0 Å². The fourth-order valence-electron chi connectivity index (χ4n) is 2.98. The molecule has 2 aromatic heterocycles. The molecule has 1 aromatic carbocycles. The summed E-state index contributed by atoms with van der Waals surface area (Å²) in [7, 11) is 0. The Labute approximate surface area is 170 Å². The third-order valence-corrected chi connectivity index (χ3v) is 4.44. The average Bonchev–Trinajstić information content (AvgIpc) is 2.70. The molecule has 148 valence electrons. The lowest BCUT2D eigenvalue weighted by atomic mass is 10.1. The van der Waals surface area contributed by atoms with E-state index >= 15 is 0 Å². The molecule has 2 amide bonds. The number of anilines is 3. The number of aryl methyl sites for hydroxylation is 2. The van der Waals surface area contributed by atoms with Crippen LogP contribution in [0.15, 0.2) is 54.7 Å². The molecular weight excluding hydrogens is 364 g/mol. The van der Waals surface area contributed by atoms with Crippen molar-refractivity contribution in [3.05, 3.63) is 77.2 Å². The third kappa shape index (κ3) is 5.16. The molecule has 4 N–H and O–H groups in total. The summed E-state index contributed by atoms with van der Waals surface area (Å²) in [5, 5.41) is 16.7. The molecule has 3 rings (SSSR count). The summed E-state index contributed by atoms with van der Waals surface area (Å²) < 4.78 is 0. The number of hydrogen-bond acceptors (Lipinski definition) is 5. The molecule has 0 spiro atoms. The van der Waals surface area contributed by atoms with Crippen molar-refractivity contribution in [3.8, 4) is 0 Å². The van der Waals surface area contributed by atoms with Crippen LogP contribution in [0.3, 0.4) is 0 Å². The molecule has 0 aliphatic carbocycles. The molecular formula is C22H24N6O. The Bertz CT molecular complexity index is 1020. The molecule has 1 unspecified atom stereocenters.